The Morgan fingerprint density at radius 3 is 2.78 bits per heavy atom. The molecule has 0 atom stereocenters. The predicted molar refractivity (Wildman–Crippen MR) is 91.5 cm³/mol. The minimum atomic E-state index is -0.191. The van der Waals surface area contributed by atoms with E-state index in [0.29, 0.717) is 18.7 Å². The van der Waals surface area contributed by atoms with Crippen LogP contribution in [0.15, 0.2) is 18.2 Å². The lowest BCUT2D eigenvalue weighted by Crippen LogP contribution is -2.12. The first kappa shape index (κ1) is 15.9. The minimum Gasteiger partial charge on any atom is -0.379 e. The third kappa shape index (κ3) is 3.35. The Balaban J connectivity index is 1.77. The summed E-state index contributed by atoms with van der Waals surface area (Å²) in [5.74, 6) is -0.191. The number of hydrogen-bond acceptors (Lipinski definition) is 5. The number of anilines is 1. The molecule has 7 heteroatoms. The first-order valence-corrected chi connectivity index (χ1v) is 8.24. The molecule has 0 spiro atoms. The van der Waals surface area contributed by atoms with Gasteiger partial charge in [-0.2, -0.15) is 5.10 Å². The van der Waals surface area contributed by atoms with Crippen LogP contribution in [0.2, 0.25) is 0 Å². The second-order valence-corrected chi connectivity index (χ2v) is 7.02. The van der Waals surface area contributed by atoms with E-state index in [1.807, 2.05) is 49.5 Å². The van der Waals surface area contributed by atoms with Gasteiger partial charge in [0.05, 0.1) is 17.9 Å². The lowest BCUT2D eigenvalue weighted by atomic mass is 10.2. The molecule has 23 heavy (non-hydrogen) atoms. The van der Waals surface area contributed by atoms with Crippen molar-refractivity contribution in [3.63, 3.8) is 0 Å². The summed E-state index contributed by atoms with van der Waals surface area (Å²) in [6, 6.07) is 5.27. The van der Waals surface area contributed by atoms with E-state index in [1.54, 1.807) is 17.4 Å². The van der Waals surface area contributed by atoms with E-state index in [1.165, 1.54) is 0 Å². The van der Waals surface area contributed by atoms with E-state index >= 15 is 0 Å². The van der Waals surface area contributed by atoms with E-state index in [4.69, 9.17) is 0 Å². The molecule has 5 nitrogen and oxygen atoms in total. The molecule has 0 radical (unpaired) electrons. The Hall–Kier alpha value is -1.99. The largest absolute Gasteiger partial charge is 0.379 e. The Labute approximate surface area is 138 Å². The van der Waals surface area contributed by atoms with Crippen molar-refractivity contribution in [3.05, 3.63) is 46.0 Å². The monoisotopic (exact) mass is 333 g/mol. The molecule has 0 saturated carbocycles. The van der Waals surface area contributed by atoms with E-state index in [9.17, 15) is 4.39 Å². The molecule has 3 rings (SSSR count). The molecule has 0 fully saturated rings. The molecule has 122 valence electrons. The number of hydrogen-bond donors (Lipinski definition) is 1. The second-order valence-electron chi connectivity index (χ2n) is 5.86. The zero-order valence-corrected chi connectivity index (χ0v) is 14.5. The second kappa shape index (κ2) is 6.25. The van der Waals surface area contributed by atoms with Crippen LogP contribution in [-0.4, -0.2) is 33.6 Å². The van der Waals surface area contributed by atoms with Crippen LogP contribution in [0.4, 0.5) is 10.1 Å². The molecule has 2 heterocycles. The number of rotatable bonds is 5. The number of halogens is 1. The van der Waals surface area contributed by atoms with Crippen molar-refractivity contribution in [2.75, 3.05) is 19.4 Å². The zero-order chi connectivity index (χ0) is 16.6. The molecular formula is C16H20FN5S. The zero-order valence-electron chi connectivity index (χ0n) is 13.7. The molecule has 0 bridgehead atoms. The molecule has 0 saturated heterocycles. The van der Waals surface area contributed by atoms with Crippen LogP contribution in [0.5, 0.6) is 0 Å². The van der Waals surface area contributed by atoms with Crippen LogP contribution in [-0.2, 0) is 13.1 Å². The smallest absolute Gasteiger partial charge is 0.212 e. The molecule has 1 aromatic carbocycles. The fraction of sp³-hybridized carbons (Fsp3) is 0.375. The first-order chi connectivity index (χ1) is 10.9. The molecule has 0 aliphatic rings. The lowest BCUT2D eigenvalue weighted by molar-refractivity contribution is 0.392. The van der Waals surface area contributed by atoms with Crippen molar-refractivity contribution in [1.82, 2.24) is 19.5 Å². The summed E-state index contributed by atoms with van der Waals surface area (Å²) in [5.41, 5.74) is 3.40. The summed E-state index contributed by atoms with van der Waals surface area (Å²) in [6.45, 7) is 5.08. The average Bonchev–Trinajstić information content (AvgIpc) is 2.94. The Bertz CT molecular complexity index is 836. The standard InChI is InChI=1S/C16H20FN5S/c1-10-15(22-16(19-10)23-11(2)20-22)8-18-13-6-5-12(9-21(3)4)14(17)7-13/h5-7,18H,8-9H2,1-4H3. The maximum Gasteiger partial charge on any atom is 0.212 e. The third-order valence-electron chi connectivity index (χ3n) is 3.60. The Kier molecular flexibility index (Phi) is 4.32. The summed E-state index contributed by atoms with van der Waals surface area (Å²) >= 11 is 1.57. The van der Waals surface area contributed by atoms with Crippen LogP contribution in [0.25, 0.3) is 4.96 Å². The molecular weight excluding hydrogens is 313 g/mol. The average molecular weight is 333 g/mol. The van der Waals surface area contributed by atoms with Crippen LogP contribution < -0.4 is 5.32 Å². The maximum absolute atomic E-state index is 14.1. The molecule has 2 aromatic heterocycles. The number of nitrogens with zero attached hydrogens (tertiary/aromatic N) is 4. The van der Waals surface area contributed by atoms with Crippen molar-refractivity contribution < 1.29 is 4.39 Å². The quantitative estimate of drug-likeness (QED) is 0.779. The molecule has 0 amide bonds. The van der Waals surface area contributed by atoms with E-state index in [2.05, 4.69) is 15.4 Å². The van der Waals surface area contributed by atoms with Crippen LogP contribution in [0.3, 0.4) is 0 Å². The van der Waals surface area contributed by atoms with Crippen molar-refractivity contribution in [1.29, 1.82) is 0 Å². The highest BCUT2D eigenvalue weighted by Gasteiger charge is 2.12. The number of aryl methyl sites for hydroxylation is 2. The highest BCUT2D eigenvalue weighted by molar-refractivity contribution is 7.16. The fourth-order valence-corrected chi connectivity index (χ4v) is 3.31. The summed E-state index contributed by atoms with van der Waals surface area (Å²) < 4.78 is 16.0. The summed E-state index contributed by atoms with van der Waals surface area (Å²) in [6.07, 6.45) is 0. The summed E-state index contributed by atoms with van der Waals surface area (Å²) in [4.78, 5) is 7.35. The highest BCUT2D eigenvalue weighted by Crippen LogP contribution is 2.20. The topological polar surface area (TPSA) is 45.5 Å². The van der Waals surface area contributed by atoms with Gasteiger partial charge in [-0.05, 0) is 40.1 Å². The molecule has 3 aromatic rings. The number of nitrogens with one attached hydrogen (secondary N) is 1. The molecule has 0 unspecified atom stereocenters. The molecule has 1 N–H and O–H groups in total. The minimum absolute atomic E-state index is 0.191. The van der Waals surface area contributed by atoms with E-state index < -0.39 is 0 Å². The maximum atomic E-state index is 14.1. The molecule has 0 aliphatic heterocycles. The van der Waals surface area contributed by atoms with Crippen LogP contribution >= 0.6 is 11.3 Å². The van der Waals surface area contributed by atoms with Gasteiger partial charge in [-0.1, -0.05) is 17.4 Å². The molecule has 0 aliphatic carbocycles. The Morgan fingerprint density at radius 2 is 2.09 bits per heavy atom. The third-order valence-corrected chi connectivity index (χ3v) is 4.42. The highest BCUT2D eigenvalue weighted by atomic mass is 32.1. The number of fused-ring (bicyclic) bond motifs is 1. The number of imidazole rings is 1. The van der Waals surface area contributed by atoms with E-state index in [0.717, 1.165) is 27.0 Å². The van der Waals surface area contributed by atoms with Gasteiger partial charge in [0.25, 0.3) is 0 Å². The van der Waals surface area contributed by atoms with Gasteiger partial charge in [0.1, 0.15) is 10.8 Å². The first-order valence-electron chi connectivity index (χ1n) is 7.42. The van der Waals surface area contributed by atoms with Crippen LogP contribution in [0, 0.1) is 19.7 Å². The summed E-state index contributed by atoms with van der Waals surface area (Å²) in [5, 5.41) is 8.70. The van der Waals surface area contributed by atoms with Crippen molar-refractivity contribution in [2.45, 2.75) is 26.9 Å². The van der Waals surface area contributed by atoms with Gasteiger partial charge in [0.2, 0.25) is 4.96 Å². The van der Waals surface area contributed by atoms with E-state index in [-0.39, 0.29) is 5.82 Å². The SMILES string of the molecule is Cc1nn2c(CNc3ccc(CN(C)C)c(F)c3)c(C)nc2s1. The summed E-state index contributed by atoms with van der Waals surface area (Å²) in [7, 11) is 3.85. The predicted octanol–water partition coefficient (Wildman–Crippen LogP) is 3.22. The van der Waals surface area contributed by atoms with Crippen molar-refractivity contribution in [2.24, 2.45) is 0 Å². The normalized spacial score (nSPS) is 11.6. The van der Waals surface area contributed by atoms with Gasteiger partial charge in [-0.3, -0.25) is 0 Å². The van der Waals surface area contributed by atoms with Gasteiger partial charge in [-0.15, -0.1) is 0 Å². The fourth-order valence-electron chi connectivity index (χ4n) is 2.50. The van der Waals surface area contributed by atoms with Gasteiger partial charge in [0.15, 0.2) is 0 Å². The van der Waals surface area contributed by atoms with Gasteiger partial charge in [-0.25, -0.2) is 13.9 Å². The van der Waals surface area contributed by atoms with Gasteiger partial charge in [0, 0.05) is 17.8 Å². The van der Waals surface area contributed by atoms with Gasteiger partial charge < -0.3 is 10.2 Å². The van der Waals surface area contributed by atoms with Crippen molar-refractivity contribution in [3.8, 4) is 0 Å². The van der Waals surface area contributed by atoms with Gasteiger partial charge >= 0.3 is 0 Å². The Morgan fingerprint density at radius 1 is 1.30 bits per heavy atom. The lowest BCUT2D eigenvalue weighted by Gasteiger charge is -2.12. The van der Waals surface area contributed by atoms with Crippen LogP contribution in [0.1, 0.15) is 22.0 Å². The number of aromatic nitrogens is 3. The van der Waals surface area contributed by atoms with Crippen molar-refractivity contribution >= 4 is 22.0 Å². The number of benzene rings is 1.